The number of esters is 1. The molecule has 220 valence electrons. The van der Waals surface area contributed by atoms with Crippen LogP contribution in [-0.2, 0) is 23.9 Å². The van der Waals surface area contributed by atoms with Crippen molar-refractivity contribution in [1.82, 2.24) is 15.1 Å². The topological polar surface area (TPSA) is 105 Å². The van der Waals surface area contributed by atoms with Crippen LogP contribution < -0.4 is 5.32 Å². The molecule has 0 aromatic heterocycles. The third kappa shape index (κ3) is 11.9. The van der Waals surface area contributed by atoms with Crippen LogP contribution in [0.25, 0.3) is 0 Å². The summed E-state index contributed by atoms with van der Waals surface area (Å²) in [7, 11) is 0. The van der Waals surface area contributed by atoms with Gasteiger partial charge < -0.3 is 24.6 Å². The molecule has 2 aliphatic heterocycles. The maximum absolute atomic E-state index is 12.9. The molecule has 0 saturated carbocycles. The van der Waals surface area contributed by atoms with Crippen molar-refractivity contribution in [2.45, 2.75) is 91.6 Å². The van der Waals surface area contributed by atoms with Crippen LogP contribution in [0.1, 0.15) is 86.0 Å². The lowest BCUT2D eigenvalue weighted by Crippen LogP contribution is -2.46. The average molecular weight is 548 g/mol. The van der Waals surface area contributed by atoms with Gasteiger partial charge >= 0.3 is 12.1 Å². The van der Waals surface area contributed by atoms with Crippen LogP contribution in [0.2, 0.25) is 0 Å². The zero-order valence-corrected chi connectivity index (χ0v) is 24.6. The number of nitrogens with zero attached hydrogens (tertiary/aromatic N) is 2. The summed E-state index contributed by atoms with van der Waals surface area (Å²) in [6, 6.07) is 0. The van der Waals surface area contributed by atoms with Gasteiger partial charge in [0.05, 0.1) is 12.5 Å². The molecular weight excluding hydrogens is 498 g/mol. The number of carbonyl (C=O) groups is 4. The first-order valence-electron chi connectivity index (χ1n) is 14.6. The van der Waals surface area contributed by atoms with E-state index >= 15 is 0 Å². The SMILES string of the molecule is C#C[C@@H](CNC(=O)[C@@H]1CCCN(C(=O)CCC2CCN(C(=O)OC(C)(C)C)CC2)C1)C(=O)OCCCC(C)C. The predicted octanol–water partition coefficient (Wildman–Crippen LogP) is 4.00. The van der Waals surface area contributed by atoms with Crippen LogP contribution in [0, 0.1) is 36.0 Å². The number of hydrogen-bond donors (Lipinski definition) is 1. The first-order chi connectivity index (χ1) is 18.4. The number of piperidine rings is 2. The highest BCUT2D eigenvalue weighted by Gasteiger charge is 2.31. The van der Waals surface area contributed by atoms with Gasteiger partial charge in [-0.25, -0.2) is 4.79 Å². The first-order valence-corrected chi connectivity index (χ1v) is 14.6. The highest BCUT2D eigenvalue weighted by Crippen LogP contribution is 2.25. The molecule has 0 aliphatic carbocycles. The van der Waals surface area contributed by atoms with E-state index in [0.29, 0.717) is 57.5 Å². The largest absolute Gasteiger partial charge is 0.465 e. The van der Waals surface area contributed by atoms with E-state index in [1.165, 1.54) is 0 Å². The molecule has 2 atom stereocenters. The van der Waals surface area contributed by atoms with Crippen molar-refractivity contribution < 1.29 is 28.7 Å². The van der Waals surface area contributed by atoms with Crippen LogP contribution in [0.3, 0.4) is 0 Å². The van der Waals surface area contributed by atoms with E-state index in [0.717, 1.165) is 38.5 Å². The molecule has 39 heavy (non-hydrogen) atoms. The highest BCUT2D eigenvalue weighted by atomic mass is 16.6. The van der Waals surface area contributed by atoms with Crippen molar-refractivity contribution in [2.75, 3.05) is 39.3 Å². The Morgan fingerprint density at radius 2 is 1.74 bits per heavy atom. The molecule has 0 radical (unpaired) electrons. The molecule has 2 aliphatic rings. The van der Waals surface area contributed by atoms with Gasteiger partial charge in [-0.05, 0) is 77.6 Å². The fourth-order valence-electron chi connectivity index (χ4n) is 4.96. The number of carbonyl (C=O) groups excluding carboxylic acids is 4. The molecule has 0 spiro atoms. The normalized spacial score (nSPS) is 19.3. The van der Waals surface area contributed by atoms with Crippen molar-refractivity contribution >= 4 is 23.9 Å². The molecule has 0 aromatic rings. The van der Waals surface area contributed by atoms with Crippen LogP contribution in [0.5, 0.6) is 0 Å². The van der Waals surface area contributed by atoms with Gasteiger partial charge in [0, 0.05) is 39.1 Å². The van der Waals surface area contributed by atoms with Crippen molar-refractivity contribution in [1.29, 1.82) is 0 Å². The molecule has 9 nitrogen and oxygen atoms in total. The standard InChI is InChI=1S/C30H49N3O6/c1-7-24(28(36)38-19-9-10-22(2)3)20-31-27(35)25-11-8-16-33(21-25)26(34)13-12-23-14-17-32(18-15-23)29(37)39-30(4,5)6/h1,22-25H,8-21H2,2-6H3,(H,31,35)/t24-,25+/m0/s1. The summed E-state index contributed by atoms with van der Waals surface area (Å²) in [5.74, 6) is 1.60. The Kier molecular flexibility index (Phi) is 13.1. The Hall–Kier alpha value is -2.76. The molecule has 0 bridgehead atoms. The Labute approximate surface area is 234 Å². The van der Waals surface area contributed by atoms with Gasteiger partial charge in [0.2, 0.25) is 11.8 Å². The number of ether oxygens (including phenoxy) is 2. The lowest BCUT2D eigenvalue weighted by Gasteiger charge is -2.34. The summed E-state index contributed by atoms with van der Waals surface area (Å²) in [6.07, 6.45) is 11.4. The van der Waals surface area contributed by atoms with Gasteiger partial charge in [-0.15, -0.1) is 6.42 Å². The molecule has 2 heterocycles. The van der Waals surface area contributed by atoms with Gasteiger partial charge in [-0.3, -0.25) is 14.4 Å². The molecule has 9 heteroatoms. The van der Waals surface area contributed by atoms with E-state index < -0.39 is 17.5 Å². The minimum atomic E-state index is -0.823. The quantitative estimate of drug-likeness (QED) is 0.238. The Morgan fingerprint density at radius 1 is 1.05 bits per heavy atom. The Balaban J connectivity index is 1.71. The monoisotopic (exact) mass is 547 g/mol. The van der Waals surface area contributed by atoms with E-state index in [1.54, 1.807) is 9.80 Å². The van der Waals surface area contributed by atoms with Crippen molar-refractivity contribution in [3.8, 4) is 12.3 Å². The van der Waals surface area contributed by atoms with E-state index in [4.69, 9.17) is 15.9 Å². The highest BCUT2D eigenvalue weighted by molar-refractivity contribution is 5.82. The number of terminal acetylenes is 1. The lowest BCUT2D eigenvalue weighted by atomic mass is 9.91. The summed E-state index contributed by atoms with van der Waals surface area (Å²) in [6.45, 7) is 12.5. The van der Waals surface area contributed by atoms with Gasteiger partial charge in [0.25, 0.3) is 0 Å². The fraction of sp³-hybridized carbons (Fsp3) is 0.800. The molecule has 2 saturated heterocycles. The smallest absolute Gasteiger partial charge is 0.410 e. The molecular formula is C30H49N3O6. The molecule has 1 N–H and O–H groups in total. The summed E-state index contributed by atoms with van der Waals surface area (Å²) in [4.78, 5) is 53.8. The minimum absolute atomic E-state index is 0.0325. The zero-order valence-electron chi connectivity index (χ0n) is 24.6. The maximum Gasteiger partial charge on any atom is 0.410 e. The molecule has 0 aromatic carbocycles. The molecule has 2 rings (SSSR count). The van der Waals surface area contributed by atoms with Gasteiger partial charge in [0.1, 0.15) is 11.5 Å². The second kappa shape index (κ2) is 15.7. The van der Waals surface area contributed by atoms with Crippen molar-refractivity contribution in [3.63, 3.8) is 0 Å². The molecule has 2 fully saturated rings. The number of amides is 3. The van der Waals surface area contributed by atoms with Crippen LogP contribution in [0.15, 0.2) is 0 Å². The number of likely N-dealkylation sites (tertiary alicyclic amines) is 2. The van der Waals surface area contributed by atoms with Gasteiger partial charge in [-0.1, -0.05) is 19.8 Å². The van der Waals surface area contributed by atoms with Gasteiger partial charge in [0.15, 0.2) is 0 Å². The van der Waals surface area contributed by atoms with E-state index in [9.17, 15) is 19.2 Å². The first kappa shape index (κ1) is 32.5. The number of rotatable bonds is 11. The fourth-order valence-corrected chi connectivity index (χ4v) is 4.96. The second-order valence-corrected chi connectivity index (χ2v) is 12.3. The molecule has 0 unspecified atom stereocenters. The van der Waals surface area contributed by atoms with E-state index in [-0.39, 0.29) is 30.4 Å². The maximum atomic E-state index is 12.9. The van der Waals surface area contributed by atoms with Crippen LogP contribution in [0.4, 0.5) is 4.79 Å². The zero-order chi connectivity index (χ0) is 29.0. The van der Waals surface area contributed by atoms with Crippen LogP contribution in [-0.4, -0.2) is 78.6 Å². The number of nitrogens with one attached hydrogen (secondary N) is 1. The summed E-state index contributed by atoms with van der Waals surface area (Å²) in [5, 5.41) is 2.80. The third-order valence-corrected chi connectivity index (χ3v) is 7.31. The number of hydrogen-bond acceptors (Lipinski definition) is 6. The summed E-state index contributed by atoms with van der Waals surface area (Å²) in [5.41, 5.74) is -0.509. The molecule has 3 amide bonds. The Morgan fingerprint density at radius 3 is 2.36 bits per heavy atom. The Bertz CT molecular complexity index is 867. The predicted molar refractivity (Wildman–Crippen MR) is 149 cm³/mol. The summed E-state index contributed by atoms with van der Waals surface area (Å²) < 4.78 is 10.7. The summed E-state index contributed by atoms with van der Waals surface area (Å²) >= 11 is 0. The lowest BCUT2D eigenvalue weighted by molar-refractivity contribution is -0.146. The van der Waals surface area contributed by atoms with Crippen LogP contribution >= 0.6 is 0 Å². The minimum Gasteiger partial charge on any atom is -0.465 e. The second-order valence-electron chi connectivity index (χ2n) is 12.3. The van der Waals surface area contributed by atoms with Crippen molar-refractivity contribution in [2.24, 2.45) is 23.7 Å². The van der Waals surface area contributed by atoms with E-state index in [1.807, 2.05) is 20.8 Å². The van der Waals surface area contributed by atoms with E-state index in [2.05, 4.69) is 25.1 Å². The van der Waals surface area contributed by atoms with Crippen molar-refractivity contribution in [3.05, 3.63) is 0 Å². The average Bonchev–Trinajstić information content (AvgIpc) is 2.89. The van der Waals surface area contributed by atoms with Gasteiger partial charge in [-0.2, -0.15) is 0 Å². The third-order valence-electron chi connectivity index (χ3n) is 7.31.